The molecule has 1 aliphatic rings. The lowest BCUT2D eigenvalue weighted by atomic mass is 9.80. The number of benzene rings is 1. The van der Waals surface area contributed by atoms with E-state index in [1.54, 1.807) is 32.0 Å². The maximum Gasteiger partial charge on any atom is 0.338 e. The molecular formula is C17H17Cl2NO5. The minimum atomic E-state index is -0.848. The second kappa shape index (κ2) is 7.91. The van der Waals surface area contributed by atoms with Crippen molar-refractivity contribution in [2.45, 2.75) is 19.8 Å². The van der Waals surface area contributed by atoms with Crippen molar-refractivity contribution in [2.24, 2.45) is 0 Å². The van der Waals surface area contributed by atoms with Gasteiger partial charge in [-0.1, -0.05) is 35.3 Å². The molecule has 1 heterocycles. The first-order valence-electron chi connectivity index (χ1n) is 7.32. The van der Waals surface area contributed by atoms with Crippen molar-refractivity contribution in [1.29, 1.82) is 0 Å². The largest absolute Gasteiger partial charge is 0.466 e. The number of rotatable bonds is 4. The lowest BCUT2D eigenvalue weighted by Gasteiger charge is -2.30. The lowest BCUT2D eigenvalue weighted by molar-refractivity contribution is -0.147. The molecule has 0 aromatic heterocycles. The van der Waals surface area contributed by atoms with E-state index < -0.39 is 24.6 Å². The zero-order chi connectivity index (χ0) is 18.7. The molecule has 6 nitrogen and oxygen atoms in total. The third-order valence-electron chi connectivity index (χ3n) is 3.87. The van der Waals surface area contributed by atoms with Gasteiger partial charge in [-0.3, -0.25) is 0 Å². The fourth-order valence-corrected chi connectivity index (χ4v) is 3.25. The summed E-state index contributed by atoms with van der Waals surface area (Å²) in [5, 5.41) is 12.4. The molecular weight excluding hydrogens is 369 g/mol. The number of ether oxygens (including phenoxy) is 2. The molecule has 1 aliphatic heterocycles. The summed E-state index contributed by atoms with van der Waals surface area (Å²) >= 11 is 12.4. The van der Waals surface area contributed by atoms with Crippen LogP contribution in [0.4, 0.5) is 0 Å². The summed E-state index contributed by atoms with van der Waals surface area (Å²) in [6, 6.07) is 4.94. The normalized spacial score (nSPS) is 17.3. The summed E-state index contributed by atoms with van der Waals surface area (Å²) in [5.74, 6) is -2.24. The van der Waals surface area contributed by atoms with Crippen molar-refractivity contribution in [3.63, 3.8) is 0 Å². The average Bonchev–Trinajstić information content (AvgIpc) is 2.56. The van der Waals surface area contributed by atoms with Gasteiger partial charge in [0.15, 0.2) is 6.79 Å². The molecule has 0 saturated carbocycles. The van der Waals surface area contributed by atoms with Gasteiger partial charge in [0.05, 0.1) is 34.2 Å². The predicted molar refractivity (Wildman–Crippen MR) is 92.9 cm³/mol. The summed E-state index contributed by atoms with van der Waals surface area (Å²) in [6.07, 6.45) is 0. The Balaban J connectivity index is 2.74. The molecule has 1 aromatic carbocycles. The van der Waals surface area contributed by atoms with Crippen LogP contribution in [-0.2, 0) is 19.1 Å². The number of methoxy groups -OCH3 is 1. The van der Waals surface area contributed by atoms with Gasteiger partial charge >= 0.3 is 11.9 Å². The molecule has 0 spiro atoms. The molecule has 25 heavy (non-hydrogen) atoms. The van der Waals surface area contributed by atoms with Gasteiger partial charge in [-0.25, -0.2) is 9.59 Å². The number of halogens is 2. The predicted octanol–water partition coefficient (Wildman–Crippen LogP) is 2.89. The highest BCUT2D eigenvalue weighted by Crippen LogP contribution is 2.43. The second-order valence-corrected chi connectivity index (χ2v) is 6.12. The van der Waals surface area contributed by atoms with E-state index in [0.29, 0.717) is 17.0 Å². The van der Waals surface area contributed by atoms with Gasteiger partial charge in [0.1, 0.15) is 0 Å². The zero-order valence-corrected chi connectivity index (χ0v) is 15.4. The minimum Gasteiger partial charge on any atom is -0.466 e. The molecule has 1 atom stereocenters. The standard InChI is InChI=1S/C17H17Cl2NO5/c1-8-12(16(22)24-3)14(10-5-4-6-11(18)15(10)19)13(9(2)20-8)17(23)25-7-21/h4-6,14,20-21H,7H2,1-3H3/t14-/m1/s1. The van der Waals surface area contributed by atoms with Crippen LogP contribution < -0.4 is 5.32 Å². The summed E-state index contributed by atoms with van der Waals surface area (Å²) in [4.78, 5) is 24.8. The summed E-state index contributed by atoms with van der Waals surface area (Å²) in [6.45, 7) is 2.56. The fraction of sp³-hybridized carbons (Fsp3) is 0.294. The minimum absolute atomic E-state index is 0.143. The van der Waals surface area contributed by atoms with Crippen LogP contribution >= 0.6 is 23.2 Å². The first kappa shape index (κ1) is 19.3. The van der Waals surface area contributed by atoms with Gasteiger partial charge in [-0.2, -0.15) is 0 Å². The van der Waals surface area contributed by atoms with Crippen LogP contribution in [-0.4, -0.2) is 30.9 Å². The Bertz CT molecular complexity index is 785. The molecule has 0 aliphatic carbocycles. The van der Waals surface area contributed by atoms with E-state index in [2.05, 4.69) is 5.32 Å². The van der Waals surface area contributed by atoms with Crippen molar-refractivity contribution in [3.8, 4) is 0 Å². The molecule has 8 heteroatoms. The zero-order valence-electron chi connectivity index (χ0n) is 13.9. The highest BCUT2D eigenvalue weighted by Gasteiger charge is 2.39. The number of allylic oxidation sites excluding steroid dienone is 2. The van der Waals surface area contributed by atoms with Gasteiger partial charge < -0.3 is 19.9 Å². The maximum absolute atomic E-state index is 12.4. The summed E-state index contributed by atoms with van der Waals surface area (Å²) in [7, 11) is 1.25. The number of hydrogen-bond acceptors (Lipinski definition) is 6. The molecule has 0 fully saturated rings. The van der Waals surface area contributed by atoms with Crippen LogP contribution in [0.25, 0.3) is 0 Å². The first-order chi connectivity index (χ1) is 11.8. The van der Waals surface area contributed by atoms with Gasteiger partial charge in [0, 0.05) is 11.4 Å². The summed E-state index contributed by atoms with van der Waals surface area (Å²) in [5.41, 5.74) is 1.81. The molecule has 1 aromatic rings. The van der Waals surface area contributed by atoms with Crippen LogP contribution in [0.1, 0.15) is 25.3 Å². The van der Waals surface area contributed by atoms with E-state index in [1.165, 1.54) is 7.11 Å². The van der Waals surface area contributed by atoms with Crippen LogP contribution in [0, 0.1) is 0 Å². The maximum atomic E-state index is 12.4. The highest BCUT2D eigenvalue weighted by molar-refractivity contribution is 6.42. The van der Waals surface area contributed by atoms with Crippen LogP contribution in [0.15, 0.2) is 40.7 Å². The molecule has 0 radical (unpaired) electrons. The smallest absolute Gasteiger partial charge is 0.338 e. The molecule has 2 rings (SSSR count). The quantitative estimate of drug-likeness (QED) is 0.612. The second-order valence-electron chi connectivity index (χ2n) is 5.33. The number of aliphatic hydroxyl groups is 1. The Morgan fingerprint density at radius 3 is 2.32 bits per heavy atom. The van der Waals surface area contributed by atoms with E-state index in [9.17, 15) is 9.59 Å². The van der Waals surface area contributed by atoms with Crippen molar-refractivity contribution in [3.05, 3.63) is 56.3 Å². The Morgan fingerprint density at radius 2 is 1.76 bits per heavy atom. The van der Waals surface area contributed by atoms with E-state index in [4.69, 9.17) is 37.8 Å². The molecule has 0 saturated heterocycles. The average molecular weight is 386 g/mol. The summed E-state index contributed by atoms with van der Waals surface area (Å²) < 4.78 is 9.61. The lowest BCUT2D eigenvalue weighted by Crippen LogP contribution is -2.32. The van der Waals surface area contributed by atoms with Crippen molar-refractivity contribution in [1.82, 2.24) is 5.32 Å². The van der Waals surface area contributed by atoms with E-state index in [0.717, 1.165) is 0 Å². The van der Waals surface area contributed by atoms with Gasteiger partial charge in [0.2, 0.25) is 0 Å². The monoisotopic (exact) mass is 385 g/mol. The third kappa shape index (κ3) is 3.66. The topological polar surface area (TPSA) is 84.9 Å². The third-order valence-corrected chi connectivity index (χ3v) is 4.71. The number of aliphatic hydroxyl groups excluding tert-OH is 1. The van der Waals surface area contributed by atoms with Gasteiger partial charge in [0.25, 0.3) is 0 Å². The SMILES string of the molecule is COC(=O)C1=C(C)NC(C)=C(C(=O)OCO)[C@@H]1c1cccc(Cl)c1Cl. The van der Waals surface area contributed by atoms with Crippen molar-refractivity contribution < 1.29 is 24.2 Å². The van der Waals surface area contributed by atoms with Gasteiger partial charge in [-0.05, 0) is 25.5 Å². The highest BCUT2D eigenvalue weighted by atomic mass is 35.5. The van der Waals surface area contributed by atoms with Crippen LogP contribution in [0.2, 0.25) is 10.0 Å². The Morgan fingerprint density at radius 1 is 1.16 bits per heavy atom. The number of esters is 2. The first-order valence-corrected chi connectivity index (χ1v) is 8.07. The Labute approximate surface area is 155 Å². The van der Waals surface area contributed by atoms with Crippen molar-refractivity contribution >= 4 is 35.1 Å². The number of hydrogen-bond donors (Lipinski definition) is 2. The number of dihydropyridines is 1. The van der Waals surface area contributed by atoms with Gasteiger partial charge in [-0.15, -0.1) is 0 Å². The molecule has 134 valence electrons. The Kier molecular flexibility index (Phi) is 6.11. The molecule has 0 bridgehead atoms. The number of carbonyl (C=O) groups is 2. The van der Waals surface area contributed by atoms with Crippen molar-refractivity contribution in [2.75, 3.05) is 13.9 Å². The molecule has 0 amide bonds. The van der Waals surface area contributed by atoms with E-state index in [-0.39, 0.29) is 21.2 Å². The molecule has 0 unspecified atom stereocenters. The number of carbonyl (C=O) groups excluding carboxylic acids is 2. The Hall–Kier alpha value is -2.02. The van der Waals surface area contributed by atoms with Crippen LogP contribution in [0.5, 0.6) is 0 Å². The van der Waals surface area contributed by atoms with E-state index >= 15 is 0 Å². The van der Waals surface area contributed by atoms with E-state index in [1.807, 2.05) is 0 Å². The molecule has 2 N–H and O–H groups in total. The fourth-order valence-electron chi connectivity index (χ4n) is 2.84. The van der Waals surface area contributed by atoms with Crippen LogP contribution in [0.3, 0.4) is 0 Å². The number of nitrogens with one attached hydrogen (secondary N) is 1.